The molecule has 1 fully saturated rings. The topological polar surface area (TPSA) is 15.3 Å². The Balaban J connectivity index is 1.88. The Labute approximate surface area is 130 Å². The van der Waals surface area contributed by atoms with E-state index in [2.05, 4.69) is 55.3 Å². The Bertz CT molecular complexity index is 416. The molecule has 1 N–H and O–H groups in total. The van der Waals surface area contributed by atoms with Crippen molar-refractivity contribution in [1.82, 2.24) is 10.2 Å². The molecule has 118 valence electrons. The normalized spacial score (nSPS) is 21.2. The lowest BCUT2D eigenvalue weighted by atomic mass is 9.77. The summed E-state index contributed by atoms with van der Waals surface area (Å²) in [6.45, 7) is 11.8. The van der Waals surface area contributed by atoms with E-state index in [0.717, 1.165) is 19.0 Å². The molecular weight excluding hydrogens is 256 g/mol. The summed E-state index contributed by atoms with van der Waals surface area (Å²) in [7, 11) is 2.00. The third-order valence-electron chi connectivity index (χ3n) is 4.86. The van der Waals surface area contributed by atoms with Crippen LogP contribution >= 0.6 is 0 Å². The Hall–Kier alpha value is -0.860. The van der Waals surface area contributed by atoms with Crippen LogP contribution in [0.5, 0.6) is 0 Å². The fourth-order valence-electron chi connectivity index (χ4n) is 3.40. The second-order valence-electron chi connectivity index (χ2n) is 7.62. The maximum Gasteiger partial charge on any atom is 0.0233 e. The molecule has 1 heterocycles. The molecule has 21 heavy (non-hydrogen) atoms. The number of hydrogen-bond donors (Lipinski definition) is 1. The van der Waals surface area contributed by atoms with Gasteiger partial charge in [0.05, 0.1) is 0 Å². The van der Waals surface area contributed by atoms with Gasteiger partial charge in [-0.15, -0.1) is 0 Å². The summed E-state index contributed by atoms with van der Waals surface area (Å²) < 4.78 is 0. The van der Waals surface area contributed by atoms with Gasteiger partial charge >= 0.3 is 0 Å². The number of likely N-dealkylation sites (tertiary alicyclic amines) is 1. The molecule has 0 radical (unpaired) electrons. The first kappa shape index (κ1) is 16.5. The first-order chi connectivity index (χ1) is 9.99. The highest BCUT2D eigenvalue weighted by Crippen LogP contribution is 2.34. The minimum atomic E-state index is 0.463. The third-order valence-corrected chi connectivity index (χ3v) is 4.86. The van der Waals surface area contributed by atoms with Crippen molar-refractivity contribution in [1.29, 1.82) is 0 Å². The number of hydrogen-bond acceptors (Lipinski definition) is 2. The predicted molar refractivity (Wildman–Crippen MR) is 91.3 cm³/mol. The molecule has 0 spiro atoms. The first-order valence-electron chi connectivity index (χ1n) is 8.44. The molecule has 2 heteroatoms. The second kappa shape index (κ2) is 7.42. The molecule has 1 unspecified atom stereocenters. The van der Waals surface area contributed by atoms with Crippen molar-refractivity contribution in [2.75, 3.05) is 20.1 Å². The van der Waals surface area contributed by atoms with E-state index in [9.17, 15) is 0 Å². The van der Waals surface area contributed by atoms with Crippen molar-refractivity contribution in [2.24, 2.45) is 11.3 Å². The molecule has 1 aliphatic rings. The summed E-state index contributed by atoms with van der Waals surface area (Å²) in [5, 5.41) is 3.20. The Morgan fingerprint density at radius 3 is 2.33 bits per heavy atom. The minimum Gasteiger partial charge on any atom is -0.316 e. The van der Waals surface area contributed by atoms with E-state index in [1.165, 1.54) is 43.5 Å². The maximum absolute atomic E-state index is 3.20. The molecule has 0 bridgehead atoms. The number of rotatable bonds is 4. The van der Waals surface area contributed by atoms with Gasteiger partial charge in [-0.3, -0.25) is 4.90 Å². The van der Waals surface area contributed by atoms with Crippen LogP contribution in [0.25, 0.3) is 0 Å². The molecule has 0 aliphatic carbocycles. The molecule has 2 nitrogen and oxygen atoms in total. The van der Waals surface area contributed by atoms with Gasteiger partial charge in [0.25, 0.3) is 0 Å². The number of nitrogens with one attached hydrogen (secondary N) is 1. The molecule has 0 saturated carbocycles. The lowest BCUT2D eigenvalue weighted by Gasteiger charge is -2.29. The Morgan fingerprint density at radius 2 is 1.71 bits per heavy atom. The monoisotopic (exact) mass is 288 g/mol. The van der Waals surface area contributed by atoms with Crippen molar-refractivity contribution in [3.05, 3.63) is 35.4 Å². The van der Waals surface area contributed by atoms with Gasteiger partial charge in [0, 0.05) is 13.1 Å². The molecule has 1 aromatic carbocycles. The van der Waals surface area contributed by atoms with Crippen LogP contribution in [0.1, 0.15) is 51.2 Å². The second-order valence-corrected chi connectivity index (χ2v) is 7.62. The molecule has 2 rings (SSSR count). The Morgan fingerprint density at radius 1 is 1.05 bits per heavy atom. The van der Waals surface area contributed by atoms with E-state index in [-0.39, 0.29) is 0 Å². The maximum atomic E-state index is 3.20. The van der Waals surface area contributed by atoms with E-state index >= 15 is 0 Å². The standard InChI is InChI=1S/C19H32N2/c1-19(2,3)18-6-5-12-21(13-11-18)15-17-9-7-16(8-10-17)14-20-4/h7-10,18,20H,5-6,11-15H2,1-4H3. The predicted octanol–water partition coefficient (Wildman–Crippen LogP) is 4.05. The van der Waals surface area contributed by atoms with Crippen molar-refractivity contribution < 1.29 is 0 Å². The third kappa shape index (κ3) is 5.12. The van der Waals surface area contributed by atoms with Crippen molar-refractivity contribution >= 4 is 0 Å². The van der Waals surface area contributed by atoms with Crippen LogP contribution in [-0.4, -0.2) is 25.0 Å². The highest BCUT2D eigenvalue weighted by atomic mass is 15.1. The summed E-state index contributed by atoms with van der Waals surface area (Å²) >= 11 is 0. The highest BCUT2D eigenvalue weighted by Gasteiger charge is 2.26. The summed E-state index contributed by atoms with van der Waals surface area (Å²) in [6, 6.07) is 9.08. The smallest absolute Gasteiger partial charge is 0.0233 e. The van der Waals surface area contributed by atoms with E-state index in [4.69, 9.17) is 0 Å². The van der Waals surface area contributed by atoms with E-state index in [1.807, 2.05) is 7.05 Å². The van der Waals surface area contributed by atoms with Crippen molar-refractivity contribution in [2.45, 2.75) is 53.1 Å². The van der Waals surface area contributed by atoms with Crippen LogP contribution in [0, 0.1) is 11.3 Å². The summed E-state index contributed by atoms with van der Waals surface area (Å²) in [4.78, 5) is 2.64. The minimum absolute atomic E-state index is 0.463. The number of nitrogens with zero attached hydrogens (tertiary/aromatic N) is 1. The molecule has 1 saturated heterocycles. The zero-order valence-corrected chi connectivity index (χ0v) is 14.3. The zero-order chi connectivity index (χ0) is 15.3. The van der Waals surface area contributed by atoms with Crippen LogP contribution < -0.4 is 5.32 Å². The van der Waals surface area contributed by atoms with Gasteiger partial charge in [-0.2, -0.15) is 0 Å². The van der Waals surface area contributed by atoms with Gasteiger partial charge < -0.3 is 5.32 Å². The molecule has 0 aromatic heterocycles. The van der Waals surface area contributed by atoms with Gasteiger partial charge in [-0.1, -0.05) is 45.0 Å². The average Bonchev–Trinajstić information content (AvgIpc) is 2.66. The van der Waals surface area contributed by atoms with Gasteiger partial charge in [0.2, 0.25) is 0 Å². The van der Waals surface area contributed by atoms with Gasteiger partial charge in [0.15, 0.2) is 0 Å². The van der Waals surface area contributed by atoms with E-state index < -0.39 is 0 Å². The van der Waals surface area contributed by atoms with Crippen LogP contribution in [0.15, 0.2) is 24.3 Å². The molecule has 1 atom stereocenters. The number of benzene rings is 1. The van der Waals surface area contributed by atoms with Crippen LogP contribution in [0.4, 0.5) is 0 Å². The van der Waals surface area contributed by atoms with Crippen LogP contribution in [0.2, 0.25) is 0 Å². The highest BCUT2D eigenvalue weighted by molar-refractivity contribution is 5.22. The quantitative estimate of drug-likeness (QED) is 0.899. The fourth-order valence-corrected chi connectivity index (χ4v) is 3.40. The molecule has 1 aliphatic heterocycles. The fraction of sp³-hybridized carbons (Fsp3) is 0.684. The Kier molecular flexibility index (Phi) is 5.83. The van der Waals surface area contributed by atoms with E-state index in [0.29, 0.717) is 5.41 Å². The largest absolute Gasteiger partial charge is 0.316 e. The lowest BCUT2D eigenvalue weighted by molar-refractivity contribution is 0.206. The zero-order valence-electron chi connectivity index (χ0n) is 14.3. The van der Waals surface area contributed by atoms with Gasteiger partial charge in [0.1, 0.15) is 0 Å². The summed E-state index contributed by atoms with van der Waals surface area (Å²) in [5.74, 6) is 0.875. The van der Waals surface area contributed by atoms with Crippen molar-refractivity contribution in [3.63, 3.8) is 0 Å². The van der Waals surface area contributed by atoms with Gasteiger partial charge in [-0.25, -0.2) is 0 Å². The lowest BCUT2D eigenvalue weighted by Crippen LogP contribution is -2.26. The van der Waals surface area contributed by atoms with E-state index in [1.54, 1.807) is 0 Å². The van der Waals surface area contributed by atoms with Gasteiger partial charge in [-0.05, 0) is 61.9 Å². The summed E-state index contributed by atoms with van der Waals surface area (Å²) in [5.41, 5.74) is 3.28. The molecular formula is C19H32N2. The van der Waals surface area contributed by atoms with Crippen molar-refractivity contribution in [3.8, 4) is 0 Å². The SMILES string of the molecule is CNCc1ccc(CN2CCCC(C(C)(C)C)CC2)cc1. The molecule has 1 aromatic rings. The average molecular weight is 288 g/mol. The van der Waals surface area contributed by atoms with Crippen LogP contribution in [-0.2, 0) is 13.1 Å². The first-order valence-corrected chi connectivity index (χ1v) is 8.44. The summed E-state index contributed by atoms with van der Waals surface area (Å²) in [6.07, 6.45) is 4.09. The van der Waals surface area contributed by atoms with Crippen LogP contribution in [0.3, 0.4) is 0 Å². The molecule has 0 amide bonds.